The third-order valence-corrected chi connectivity index (χ3v) is 6.31. The Hall–Kier alpha value is -3.84. The second-order valence-electron chi connectivity index (χ2n) is 8.06. The molecular weight excluding hydrogens is 452 g/mol. The summed E-state index contributed by atoms with van der Waals surface area (Å²) >= 11 is 6.42. The molecule has 0 atom stereocenters. The lowest BCUT2D eigenvalue weighted by Crippen LogP contribution is -2.50. The van der Waals surface area contributed by atoms with Gasteiger partial charge >= 0.3 is 0 Å². The number of para-hydroxylation sites is 1. The van der Waals surface area contributed by atoms with Crippen molar-refractivity contribution >= 4 is 34.0 Å². The van der Waals surface area contributed by atoms with Crippen LogP contribution in [0.3, 0.4) is 0 Å². The average Bonchev–Trinajstić information content (AvgIpc) is 2.89. The van der Waals surface area contributed by atoms with Gasteiger partial charge in [-0.3, -0.25) is 9.59 Å². The van der Waals surface area contributed by atoms with E-state index in [0.29, 0.717) is 43.3 Å². The van der Waals surface area contributed by atoms with Crippen molar-refractivity contribution in [2.24, 2.45) is 0 Å². The Morgan fingerprint density at radius 1 is 0.912 bits per heavy atom. The number of hydrogen-bond acceptors (Lipinski definition) is 5. The SMILES string of the molecule is O=C(COc1ccc2ccccc2c1)N1CCN(c2cnn(-c3ccccc3)c(=O)c2Cl)CC1. The number of rotatable bonds is 5. The second kappa shape index (κ2) is 9.57. The minimum atomic E-state index is -0.368. The van der Waals surface area contributed by atoms with E-state index < -0.39 is 0 Å². The number of carbonyl (C=O) groups is 1. The monoisotopic (exact) mass is 474 g/mol. The molecule has 3 aromatic carbocycles. The number of piperazine rings is 1. The Kier molecular flexibility index (Phi) is 6.18. The molecule has 0 radical (unpaired) electrons. The summed E-state index contributed by atoms with van der Waals surface area (Å²) in [6.07, 6.45) is 1.61. The highest BCUT2D eigenvalue weighted by Gasteiger charge is 2.24. The van der Waals surface area contributed by atoms with Crippen molar-refractivity contribution in [1.29, 1.82) is 0 Å². The molecule has 1 fully saturated rings. The van der Waals surface area contributed by atoms with Gasteiger partial charge in [-0.25, -0.2) is 0 Å². The Labute approximate surface area is 201 Å². The molecule has 0 aliphatic carbocycles. The quantitative estimate of drug-likeness (QED) is 0.440. The molecule has 0 N–H and O–H groups in total. The maximum Gasteiger partial charge on any atom is 0.292 e. The van der Waals surface area contributed by atoms with Gasteiger partial charge in [0.2, 0.25) is 0 Å². The van der Waals surface area contributed by atoms with Crippen LogP contribution in [0.5, 0.6) is 5.75 Å². The summed E-state index contributed by atoms with van der Waals surface area (Å²) in [5, 5.41) is 6.62. The standard InChI is InChI=1S/C26H23ClN4O3/c27-25-23(17-28-31(26(25)33)21-8-2-1-3-9-21)29-12-14-30(15-13-29)24(32)18-34-22-11-10-19-6-4-5-7-20(19)16-22/h1-11,16-17H,12-15,18H2. The van der Waals surface area contributed by atoms with E-state index >= 15 is 0 Å². The van der Waals surface area contributed by atoms with E-state index in [4.69, 9.17) is 16.3 Å². The van der Waals surface area contributed by atoms with Gasteiger partial charge in [0.1, 0.15) is 10.8 Å². The molecule has 0 bridgehead atoms. The van der Waals surface area contributed by atoms with Crippen molar-refractivity contribution in [3.63, 3.8) is 0 Å². The van der Waals surface area contributed by atoms with E-state index in [0.717, 1.165) is 10.8 Å². The maximum atomic E-state index is 12.8. The summed E-state index contributed by atoms with van der Waals surface area (Å²) in [6.45, 7) is 2.11. The summed E-state index contributed by atoms with van der Waals surface area (Å²) in [5.74, 6) is 0.596. The highest BCUT2D eigenvalue weighted by Crippen LogP contribution is 2.24. The van der Waals surface area contributed by atoms with Crippen molar-refractivity contribution in [3.8, 4) is 11.4 Å². The van der Waals surface area contributed by atoms with Gasteiger partial charge in [0.25, 0.3) is 11.5 Å². The number of benzene rings is 3. The van der Waals surface area contributed by atoms with Crippen LogP contribution in [0.2, 0.25) is 5.02 Å². The third kappa shape index (κ3) is 4.47. The summed E-state index contributed by atoms with van der Waals surface area (Å²) in [4.78, 5) is 29.2. The first-order valence-corrected chi connectivity index (χ1v) is 11.5. The lowest BCUT2D eigenvalue weighted by Gasteiger charge is -2.36. The fourth-order valence-electron chi connectivity index (χ4n) is 4.09. The van der Waals surface area contributed by atoms with Crippen LogP contribution in [0, 0.1) is 0 Å². The van der Waals surface area contributed by atoms with Crippen LogP contribution in [0.4, 0.5) is 5.69 Å². The van der Waals surface area contributed by atoms with Crippen LogP contribution in [-0.2, 0) is 4.79 Å². The van der Waals surface area contributed by atoms with E-state index in [2.05, 4.69) is 5.10 Å². The molecule has 7 nitrogen and oxygen atoms in total. The normalized spacial score (nSPS) is 13.8. The van der Waals surface area contributed by atoms with Crippen LogP contribution in [0.25, 0.3) is 16.5 Å². The minimum absolute atomic E-state index is 0.0201. The molecule has 34 heavy (non-hydrogen) atoms. The van der Waals surface area contributed by atoms with E-state index in [1.54, 1.807) is 23.2 Å². The topological polar surface area (TPSA) is 67.7 Å². The average molecular weight is 475 g/mol. The lowest BCUT2D eigenvalue weighted by atomic mass is 10.1. The van der Waals surface area contributed by atoms with Gasteiger partial charge < -0.3 is 14.5 Å². The number of ether oxygens (including phenoxy) is 1. The Morgan fingerprint density at radius 2 is 1.62 bits per heavy atom. The zero-order valence-corrected chi connectivity index (χ0v) is 19.2. The predicted octanol–water partition coefficient (Wildman–Crippen LogP) is 3.77. The number of amides is 1. The predicted molar refractivity (Wildman–Crippen MR) is 133 cm³/mol. The maximum absolute atomic E-state index is 12.8. The molecule has 2 heterocycles. The third-order valence-electron chi connectivity index (χ3n) is 5.96. The molecule has 8 heteroatoms. The molecule has 1 amide bonds. The summed E-state index contributed by atoms with van der Waals surface area (Å²) < 4.78 is 7.04. The number of fused-ring (bicyclic) bond motifs is 1. The van der Waals surface area contributed by atoms with Gasteiger partial charge in [-0.15, -0.1) is 0 Å². The zero-order chi connectivity index (χ0) is 23.5. The fourth-order valence-corrected chi connectivity index (χ4v) is 4.34. The lowest BCUT2D eigenvalue weighted by molar-refractivity contribution is -0.133. The van der Waals surface area contributed by atoms with Crippen LogP contribution >= 0.6 is 11.6 Å². The Morgan fingerprint density at radius 3 is 2.38 bits per heavy atom. The molecule has 0 spiro atoms. The molecule has 172 valence electrons. The summed E-state index contributed by atoms with van der Waals surface area (Å²) in [5.41, 5.74) is 0.869. The van der Waals surface area contributed by atoms with Crippen molar-refractivity contribution in [2.75, 3.05) is 37.7 Å². The van der Waals surface area contributed by atoms with Crippen molar-refractivity contribution in [1.82, 2.24) is 14.7 Å². The number of aromatic nitrogens is 2. The van der Waals surface area contributed by atoms with Crippen LogP contribution < -0.4 is 15.2 Å². The number of carbonyl (C=O) groups excluding carboxylic acids is 1. The molecule has 1 saturated heterocycles. The number of nitrogens with zero attached hydrogens (tertiary/aromatic N) is 4. The molecule has 0 saturated carbocycles. The van der Waals surface area contributed by atoms with Crippen molar-refractivity contribution in [2.45, 2.75) is 0 Å². The fraction of sp³-hybridized carbons (Fsp3) is 0.192. The van der Waals surface area contributed by atoms with E-state index in [1.165, 1.54) is 4.68 Å². The van der Waals surface area contributed by atoms with Crippen LogP contribution in [0.1, 0.15) is 0 Å². The highest BCUT2D eigenvalue weighted by atomic mass is 35.5. The van der Waals surface area contributed by atoms with Crippen molar-refractivity contribution < 1.29 is 9.53 Å². The van der Waals surface area contributed by atoms with Gasteiger partial charge in [-0.05, 0) is 35.0 Å². The number of halogens is 1. The second-order valence-corrected chi connectivity index (χ2v) is 8.44. The van der Waals surface area contributed by atoms with Gasteiger partial charge in [-0.2, -0.15) is 9.78 Å². The first-order valence-electron chi connectivity index (χ1n) is 11.1. The summed E-state index contributed by atoms with van der Waals surface area (Å²) in [6, 6.07) is 23.0. The Balaban J connectivity index is 1.20. The summed E-state index contributed by atoms with van der Waals surface area (Å²) in [7, 11) is 0. The largest absolute Gasteiger partial charge is 0.484 e. The molecule has 4 aromatic rings. The van der Waals surface area contributed by atoms with Crippen molar-refractivity contribution in [3.05, 3.63) is 94.4 Å². The Bertz CT molecular complexity index is 1380. The van der Waals surface area contributed by atoms with Gasteiger partial charge in [0.05, 0.1) is 17.6 Å². The smallest absolute Gasteiger partial charge is 0.292 e. The van der Waals surface area contributed by atoms with Gasteiger partial charge in [0.15, 0.2) is 6.61 Å². The number of hydrogen-bond donors (Lipinski definition) is 0. The minimum Gasteiger partial charge on any atom is -0.484 e. The molecule has 5 rings (SSSR count). The first kappa shape index (κ1) is 22.0. The molecule has 1 aliphatic heterocycles. The van der Waals surface area contributed by atoms with Crippen LogP contribution in [-0.4, -0.2) is 53.4 Å². The molecule has 0 unspecified atom stereocenters. The molecular formula is C26H23ClN4O3. The van der Waals surface area contributed by atoms with Gasteiger partial charge in [0, 0.05) is 26.2 Å². The van der Waals surface area contributed by atoms with E-state index in [1.807, 2.05) is 65.6 Å². The molecule has 1 aromatic heterocycles. The van der Waals surface area contributed by atoms with E-state index in [9.17, 15) is 9.59 Å². The highest BCUT2D eigenvalue weighted by molar-refractivity contribution is 6.33. The van der Waals surface area contributed by atoms with E-state index in [-0.39, 0.29) is 23.1 Å². The first-order chi connectivity index (χ1) is 16.6. The number of anilines is 1. The zero-order valence-electron chi connectivity index (χ0n) is 18.4. The van der Waals surface area contributed by atoms with Gasteiger partial charge in [-0.1, -0.05) is 60.1 Å². The molecule has 1 aliphatic rings. The van der Waals surface area contributed by atoms with Crippen LogP contribution in [0.15, 0.2) is 83.8 Å².